The fourth-order valence-corrected chi connectivity index (χ4v) is 4.76. The highest BCUT2D eigenvalue weighted by Gasteiger charge is 2.23. The SMILES string of the molecule is CCn1cc([C@H](CC(=O)N[C@@H](C)CCc2ccccc2)c2cccc(Cl)c2)c2ccccc21. The molecule has 3 nitrogen and oxygen atoms in total. The van der Waals surface area contributed by atoms with E-state index in [-0.39, 0.29) is 17.9 Å². The largest absolute Gasteiger partial charge is 0.354 e. The number of fused-ring (bicyclic) bond motifs is 1. The number of hydrogen-bond donors (Lipinski definition) is 1. The lowest BCUT2D eigenvalue weighted by atomic mass is 9.88. The molecule has 0 unspecified atom stereocenters. The second-order valence-electron chi connectivity index (χ2n) is 8.69. The summed E-state index contributed by atoms with van der Waals surface area (Å²) in [4.78, 5) is 13.2. The number of para-hydroxylation sites is 1. The highest BCUT2D eigenvalue weighted by molar-refractivity contribution is 6.30. The molecule has 0 bridgehead atoms. The molecule has 170 valence electrons. The number of hydrogen-bond acceptors (Lipinski definition) is 1. The van der Waals surface area contributed by atoms with Gasteiger partial charge in [0, 0.05) is 47.0 Å². The molecule has 33 heavy (non-hydrogen) atoms. The molecule has 1 heterocycles. The van der Waals surface area contributed by atoms with E-state index < -0.39 is 0 Å². The summed E-state index contributed by atoms with van der Waals surface area (Å²) in [5, 5.41) is 5.10. The van der Waals surface area contributed by atoms with Gasteiger partial charge in [0.15, 0.2) is 0 Å². The summed E-state index contributed by atoms with van der Waals surface area (Å²) in [6, 6.07) is 26.8. The minimum absolute atomic E-state index is 0.0638. The first-order valence-corrected chi connectivity index (χ1v) is 12.1. The van der Waals surface area contributed by atoms with E-state index in [1.165, 1.54) is 22.0 Å². The summed E-state index contributed by atoms with van der Waals surface area (Å²) in [6.45, 7) is 5.11. The Labute approximate surface area is 201 Å². The summed E-state index contributed by atoms with van der Waals surface area (Å²) in [5.41, 5.74) is 4.72. The first-order chi connectivity index (χ1) is 16.0. The molecule has 0 aliphatic heterocycles. The van der Waals surface area contributed by atoms with Gasteiger partial charge < -0.3 is 9.88 Å². The van der Waals surface area contributed by atoms with E-state index in [4.69, 9.17) is 11.6 Å². The van der Waals surface area contributed by atoms with Gasteiger partial charge in [-0.05, 0) is 61.6 Å². The smallest absolute Gasteiger partial charge is 0.221 e. The fraction of sp³-hybridized carbons (Fsp3) is 0.276. The molecular weight excluding hydrogens is 428 g/mol. The molecular formula is C29H31ClN2O. The average Bonchev–Trinajstić information content (AvgIpc) is 3.20. The van der Waals surface area contributed by atoms with Crippen LogP contribution in [0.25, 0.3) is 10.9 Å². The third-order valence-corrected chi connectivity index (χ3v) is 6.53. The zero-order valence-electron chi connectivity index (χ0n) is 19.3. The van der Waals surface area contributed by atoms with E-state index in [0.717, 1.165) is 24.9 Å². The number of carbonyl (C=O) groups is 1. The minimum atomic E-state index is -0.0669. The van der Waals surface area contributed by atoms with E-state index >= 15 is 0 Å². The predicted octanol–water partition coefficient (Wildman–Crippen LogP) is 6.97. The van der Waals surface area contributed by atoms with Crippen LogP contribution in [0.2, 0.25) is 5.02 Å². The Morgan fingerprint density at radius 1 is 1.00 bits per heavy atom. The second kappa shape index (κ2) is 10.7. The van der Waals surface area contributed by atoms with Crippen LogP contribution in [0.4, 0.5) is 0 Å². The Bertz CT molecular complexity index is 1210. The molecule has 0 saturated carbocycles. The number of amides is 1. The molecule has 0 spiro atoms. The van der Waals surface area contributed by atoms with Gasteiger partial charge in [0.2, 0.25) is 5.91 Å². The van der Waals surface area contributed by atoms with Crippen molar-refractivity contribution in [3.05, 3.63) is 107 Å². The van der Waals surface area contributed by atoms with Crippen LogP contribution in [0.1, 0.15) is 49.3 Å². The van der Waals surface area contributed by atoms with E-state index in [2.05, 4.69) is 84.5 Å². The van der Waals surface area contributed by atoms with E-state index in [9.17, 15) is 4.79 Å². The van der Waals surface area contributed by atoms with Crippen LogP contribution < -0.4 is 5.32 Å². The van der Waals surface area contributed by atoms with Crippen molar-refractivity contribution in [2.45, 2.75) is 51.6 Å². The molecule has 1 N–H and O–H groups in total. The van der Waals surface area contributed by atoms with Crippen LogP contribution in [-0.2, 0) is 17.8 Å². The topological polar surface area (TPSA) is 34.0 Å². The van der Waals surface area contributed by atoms with Gasteiger partial charge in [-0.1, -0.05) is 72.3 Å². The van der Waals surface area contributed by atoms with Gasteiger partial charge in [-0.2, -0.15) is 0 Å². The van der Waals surface area contributed by atoms with Crippen molar-refractivity contribution in [3.8, 4) is 0 Å². The van der Waals surface area contributed by atoms with Crippen molar-refractivity contribution in [2.75, 3.05) is 0 Å². The molecule has 3 aromatic carbocycles. The average molecular weight is 459 g/mol. The summed E-state index contributed by atoms with van der Waals surface area (Å²) < 4.78 is 2.25. The molecule has 1 aromatic heterocycles. The Morgan fingerprint density at radius 3 is 2.52 bits per heavy atom. The molecule has 4 rings (SSSR count). The molecule has 4 heteroatoms. The zero-order chi connectivity index (χ0) is 23.2. The van der Waals surface area contributed by atoms with Crippen molar-refractivity contribution < 1.29 is 4.79 Å². The van der Waals surface area contributed by atoms with E-state index in [1.54, 1.807) is 0 Å². The van der Waals surface area contributed by atoms with Crippen molar-refractivity contribution >= 4 is 28.4 Å². The van der Waals surface area contributed by atoms with Crippen molar-refractivity contribution in [3.63, 3.8) is 0 Å². The molecule has 1 amide bonds. The minimum Gasteiger partial charge on any atom is -0.354 e. The lowest BCUT2D eigenvalue weighted by Crippen LogP contribution is -2.33. The first-order valence-electron chi connectivity index (χ1n) is 11.7. The third-order valence-electron chi connectivity index (χ3n) is 6.29. The number of benzene rings is 3. The lowest BCUT2D eigenvalue weighted by molar-refractivity contribution is -0.121. The van der Waals surface area contributed by atoms with Gasteiger partial charge in [0.25, 0.3) is 0 Å². The van der Waals surface area contributed by atoms with Crippen LogP contribution in [0.3, 0.4) is 0 Å². The Kier molecular flexibility index (Phi) is 7.51. The van der Waals surface area contributed by atoms with Gasteiger partial charge in [0.1, 0.15) is 0 Å². The molecule has 0 saturated heterocycles. The summed E-state index contributed by atoms with van der Waals surface area (Å²) >= 11 is 6.34. The van der Waals surface area contributed by atoms with Gasteiger partial charge in [-0.15, -0.1) is 0 Å². The molecule has 0 aliphatic rings. The van der Waals surface area contributed by atoms with Gasteiger partial charge >= 0.3 is 0 Å². The molecule has 0 aliphatic carbocycles. The summed E-state index contributed by atoms with van der Waals surface area (Å²) in [5.74, 6) is -0.00316. The van der Waals surface area contributed by atoms with Crippen molar-refractivity contribution in [1.82, 2.24) is 9.88 Å². The van der Waals surface area contributed by atoms with Gasteiger partial charge in [-0.3, -0.25) is 4.79 Å². The second-order valence-corrected chi connectivity index (χ2v) is 9.13. The van der Waals surface area contributed by atoms with Crippen LogP contribution in [0, 0.1) is 0 Å². The van der Waals surface area contributed by atoms with Gasteiger partial charge in [-0.25, -0.2) is 0 Å². The number of nitrogens with zero attached hydrogens (tertiary/aromatic N) is 1. The number of aryl methyl sites for hydroxylation is 2. The lowest BCUT2D eigenvalue weighted by Gasteiger charge is -2.20. The zero-order valence-corrected chi connectivity index (χ0v) is 20.1. The maximum absolute atomic E-state index is 13.2. The first kappa shape index (κ1) is 23.1. The van der Waals surface area contributed by atoms with Crippen LogP contribution in [0.5, 0.6) is 0 Å². The normalized spacial score (nSPS) is 13.1. The number of nitrogens with one attached hydrogen (secondary N) is 1. The monoisotopic (exact) mass is 458 g/mol. The fourth-order valence-electron chi connectivity index (χ4n) is 4.56. The molecule has 0 radical (unpaired) electrons. The highest BCUT2D eigenvalue weighted by Crippen LogP contribution is 2.35. The highest BCUT2D eigenvalue weighted by atomic mass is 35.5. The maximum atomic E-state index is 13.2. The molecule has 4 aromatic rings. The van der Waals surface area contributed by atoms with Crippen LogP contribution in [-0.4, -0.2) is 16.5 Å². The van der Waals surface area contributed by atoms with Crippen LogP contribution in [0.15, 0.2) is 85.1 Å². The van der Waals surface area contributed by atoms with Gasteiger partial charge in [0.05, 0.1) is 0 Å². The molecule has 0 fully saturated rings. The standard InChI is InChI=1S/C29H31ClN2O/c1-3-32-20-27(25-14-7-8-15-28(25)32)26(23-12-9-13-24(30)18-23)19-29(33)31-21(2)16-17-22-10-5-4-6-11-22/h4-15,18,20-21,26H,3,16-17,19H2,1-2H3,(H,31,33)/t21-,26+/m0/s1. The van der Waals surface area contributed by atoms with Crippen LogP contribution >= 0.6 is 11.6 Å². The summed E-state index contributed by atoms with van der Waals surface area (Å²) in [7, 11) is 0. The Morgan fingerprint density at radius 2 is 1.76 bits per heavy atom. The summed E-state index contributed by atoms with van der Waals surface area (Å²) in [6.07, 6.45) is 4.44. The number of halogens is 1. The molecule has 2 atom stereocenters. The van der Waals surface area contributed by atoms with E-state index in [1.807, 2.05) is 24.3 Å². The quantitative estimate of drug-likeness (QED) is 0.288. The number of aromatic nitrogens is 1. The Balaban J connectivity index is 1.56. The van der Waals surface area contributed by atoms with Crippen molar-refractivity contribution in [1.29, 1.82) is 0 Å². The number of carbonyl (C=O) groups excluding carboxylic acids is 1. The van der Waals surface area contributed by atoms with E-state index in [0.29, 0.717) is 11.4 Å². The Hall–Kier alpha value is -3.04. The third kappa shape index (κ3) is 5.66. The maximum Gasteiger partial charge on any atom is 0.221 e. The number of rotatable bonds is 9. The van der Waals surface area contributed by atoms with Crippen molar-refractivity contribution in [2.24, 2.45) is 0 Å². The predicted molar refractivity (Wildman–Crippen MR) is 138 cm³/mol.